The number of aliphatic hydroxyl groups excluding tert-OH is 1. The zero-order chi connectivity index (χ0) is 9.84. The van der Waals surface area contributed by atoms with Gasteiger partial charge in [-0.05, 0) is 28.8 Å². The smallest absolute Gasteiger partial charge is 0.171 e. The first-order valence-corrected chi connectivity index (χ1v) is 4.77. The minimum Gasteiger partial charge on any atom is -0.400 e. The Morgan fingerprint density at radius 2 is 2.31 bits per heavy atom. The van der Waals surface area contributed by atoms with Crippen molar-refractivity contribution in [1.82, 2.24) is 9.78 Å². The Morgan fingerprint density at radius 1 is 1.62 bits per heavy atom. The molecule has 0 radical (unpaired) electrons. The number of carbonyl (C=O) groups excluding carboxylic acids is 1. The molecule has 72 valence electrons. The van der Waals surface area contributed by atoms with Gasteiger partial charge < -0.3 is 5.11 Å². The lowest BCUT2D eigenvalue weighted by atomic mass is 10.3. The number of aromatic nitrogens is 2. The van der Waals surface area contributed by atoms with E-state index in [1.54, 1.807) is 0 Å². The van der Waals surface area contributed by atoms with Crippen molar-refractivity contribution in [1.29, 1.82) is 0 Å². The predicted molar refractivity (Wildman–Crippen MR) is 51.8 cm³/mol. The molecule has 1 aromatic heterocycles. The van der Waals surface area contributed by atoms with Gasteiger partial charge in [-0.15, -0.1) is 0 Å². The fourth-order valence-corrected chi connectivity index (χ4v) is 1.97. The van der Waals surface area contributed by atoms with Crippen molar-refractivity contribution in [3.05, 3.63) is 15.9 Å². The molecule has 1 aromatic rings. The maximum atomic E-state index is 10.4. The van der Waals surface area contributed by atoms with Crippen LogP contribution in [0.4, 0.5) is 0 Å². The molecule has 2 heterocycles. The maximum absolute atomic E-state index is 10.4. The van der Waals surface area contributed by atoms with Gasteiger partial charge in [0.2, 0.25) is 0 Å². The standard InChI is InChI=1S/C7H7BrN2O.CH4O/c8-7-5(4-11)9-10-3-1-2-6(7)10;1-2/h4H,1-3H2;2H,1H3. The number of aldehydes is 1. The van der Waals surface area contributed by atoms with E-state index in [0.717, 1.165) is 42.9 Å². The van der Waals surface area contributed by atoms with Crippen LogP contribution in [0.2, 0.25) is 0 Å². The molecule has 13 heavy (non-hydrogen) atoms. The van der Waals surface area contributed by atoms with Gasteiger partial charge in [-0.25, -0.2) is 0 Å². The molecular weight excluding hydrogens is 236 g/mol. The van der Waals surface area contributed by atoms with E-state index < -0.39 is 0 Å². The Labute approximate surface area is 84.7 Å². The molecule has 0 saturated heterocycles. The Bertz CT molecular complexity index is 309. The molecule has 1 N–H and O–H groups in total. The zero-order valence-corrected chi connectivity index (χ0v) is 8.91. The number of halogens is 1. The van der Waals surface area contributed by atoms with E-state index in [1.807, 2.05) is 4.68 Å². The zero-order valence-electron chi connectivity index (χ0n) is 7.33. The van der Waals surface area contributed by atoms with Crippen LogP contribution < -0.4 is 0 Å². The number of rotatable bonds is 1. The molecule has 1 aliphatic rings. The van der Waals surface area contributed by atoms with Crippen LogP contribution in [0.5, 0.6) is 0 Å². The van der Waals surface area contributed by atoms with Gasteiger partial charge in [0.15, 0.2) is 6.29 Å². The summed E-state index contributed by atoms with van der Waals surface area (Å²) in [6, 6.07) is 0. The quantitative estimate of drug-likeness (QED) is 0.753. The molecule has 0 bridgehead atoms. The van der Waals surface area contributed by atoms with Gasteiger partial charge in [-0.2, -0.15) is 5.10 Å². The molecule has 0 atom stereocenters. The average Bonchev–Trinajstić information content (AvgIpc) is 2.73. The molecule has 0 aliphatic carbocycles. The van der Waals surface area contributed by atoms with Gasteiger partial charge in [0.1, 0.15) is 5.69 Å². The number of aryl methyl sites for hydroxylation is 1. The summed E-state index contributed by atoms with van der Waals surface area (Å²) in [5, 5.41) is 11.1. The lowest BCUT2D eigenvalue weighted by Crippen LogP contribution is -1.94. The highest BCUT2D eigenvalue weighted by Crippen LogP contribution is 2.25. The summed E-state index contributed by atoms with van der Waals surface area (Å²) in [5.74, 6) is 0. The molecule has 0 aromatic carbocycles. The molecule has 0 spiro atoms. The van der Waals surface area contributed by atoms with E-state index >= 15 is 0 Å². The molecule has 0 saturated carbocycles. The Balaban J connectivity index is 0.000000396. The van der Waals surface area contributed by atoms with Gasteiger partial charge in [0.05, 0.1) is 10.2 Å². The molecular formula is C8H11BrN2O2. The molecule has 0 fully saturated rings. The van der Waals surface area contributed by atoms with Gasteiger partial charge in [-0.3, -0.25) is 9.48 Å². The predicted octanol–water partition coefficient (Wildman–Crippen LogP) is 1.01. The van der Waals surface area contributed by atoms with Crippen LogP contribution in [-0.2, 0) is 13.0 Å². The molecule has 1 aliphatic heterocycles. The summed E-state index contributed by atoms with van der Waals surface area (Å²) in [5.41, 5.74) is 1.69. The van der Waals surface area contributed by atoms with Crippen LogP contribution in [-0.4, -0.2) is 28.3 Å². The van der Waals surface area contributed by atoms with Crippen molar-refractivity contribution < 1.29 is 9.90 Å². The van der Waals surface area contributed by atoms with Crippen LogP contribution >= 0.6 is 15.9 Å². The Morgan fingerprint density at radius 3 is 2.85 bits per heavy atom. The number of fused-ring (bicyclic) bond motifs is 1. The van der Waals surface area contributed by atoms with Crippen molar-refractivity contribution in [3.8, 4) is 0 Å². The molecule has 0 unspecified atom stereocenters. The minimum atomic E-state index is 0.528. The Hall–Kier alpha value is -0.680. The lowest BCUT2D eigenvalue weighted by Gasteiger charge is -1.89. The van der Waals surface area contributed by atoms with Crippen molar-refractivity contribution >= 4 is 22.2 Å². The van der Waals surface area contributed by atoms with E-state index in [1.165, 1.54) is 0 Å². The number of aliphatic hydroxyl groups is 1. The molecule has 4 nitrogen and oxygen atoms in total. The van der Waals surface area contributed by atoms with Crippen molar-refractivity contribution in [3.63, 3.8) is 0 Å². The summed E-state index contributed by atoms with van der Waals surface area (Å²) >= 11 is 3.35. The van der Waals surface area contributed by atoms with Gasteiger partial charge in [-0.1, -0.05) is 0 Å². The number of hydrogen-bond acceptors (Lipinski definition) is 3. The first-order valence-electron chi connectivity index (χ1n) is 3.98. The average molecular weight is 247 g/mol. The highest BCUT2D eigenvalue weighted by molar-refractivity contribution is 9.10. The van der Waals surface area contributed by atoms with E-state index in [4.69, 9.17) is 5.11 Å². The monoisotopic (exact) mass is 246 g/mol. The fraction of sp³-hybridized carbons (Fsp3) is 0.500. The van der Waals surface area contributed by atoms with E-state index in [-0.39, 0.29) is 0 Å². The van der Waals surface area contributed by atoms with Gasteiger partial charge in [0, 0.05) is 13.7 Å². The van der Waals surface area contributed by atoms with Crippen molar-refractivity contribution in [2.45, 2.75) is 19.4 Å². The van der Waals surface area contributed by atoms with E-state index in [0.29, 0.717) is 5.69 Å². The van der Waals surface area contributed by atoms with Crippen LogP contribution in [0.15, 0.2) is 4.47 Å². The van der Waals surface area contributed by atoms with Gasteiger partial charge >= 0.3 is 0 Å². The summed E-state index contributed by atoms with van der Waals surface area (Å²) in [6.07, 6.45) is 2.96. The third-order valence-corrected chi connectivity index (χ3v) is 2.78. The largest absolute Gasteiger partial charge is 0.400 e. The first-order chi connectivity index (χ1) is 6.33. The van der Waals surface area contributed by atoms with Crippen LogP contribution in [0.1, 0.15) is 22.6 Å². The second-order valence-electron chi connectivity index (χ2n) is 2.59. The second kappa shape index (κ2) is 4.53. The van der Waals surface area contributed by atoms with Crippen molar-refractivity contribution in [2.75, 3.05) is 7.11 Å². The maximum Gasteiger partial charge on any atom is 0.171 e. The third-order valence-electron chi connectivity index (χ3n) is 1.91. The third kappa shape index (κ3) is 1.81. The van der Waals surface area contributed by atoms with E-state index in [2.05, 4.69) is 21.0 Å². The topological polar surface area (TPSA) is 55.1 Å². The lowest BCUT2D eigenvalue weighted by molar-refractivity contribution is 0.111. The van der Waals surface area contributed by atoms with Crippen LogP contribution in [0, 0.1) is 0 Å². The number of nitrogens with zero attached hydrogens (tertiary/aromatic N) is 2. The van der Waals surface area contributed by atoms with Crippen LogP contribution in [0.25, 0.3) is 0 Å². The summed E-state index contributed by atoms with van der Waals surface area (Å²) in [7, 11) is 1.00. The van der Waals surface area contributed by atoms with E-state index in [9.17, 15) is 4.79 Å². The first kappa shape index (κ1) is 10.4. The Kier molecular flexibility index (Phi) is 3.62. The molecule has 0 amide bonds. The highest BCUT2D eigenvalue weighted by atomic mass is 79.9. The molecule has 2 rings (SSSR count). The number of hydrogen-bond donors (Lipinski definition) is 1. The second-order valence-corrected chi connectivity index (χ2v) is 3.38. The fourth-order valence-electron chi connectivity index (χ4n) is 1.39. The summed E-state index contributed by atoms with van der Waals surface area (Å²) in [6.45, 7) is 0.946. The SMILES string of the molecule is CO.O=Cc1nn2c(c1Br)CCC2. The minimum absolute atomic E-state index is 0.528. The van der Waals surface area contributed by atoms with Gasteiger partial charge in [0.25, 0.3) is 0 Å². The van der Waals surface area contributed by atoms with Crippen LogP contribution in [0.3, 0.4) is 0 Å². The normalized spacial score (nSPS) is 13.2. The number of carbonyl (C=O) groups is 1. The van der Waals surface area contributed by atoms with Crippen molar-refractivity contribution in [2.24, 2.45) is 0 Å². The summed E-state index contributed by atoms with van der Waals surface area (Å²) in [4.78, 5) is 10.4. The highest BCUT2D eigenvalue weighted by Gasteiger charge is 2.18. The summed E-state index contributed by atoms with van der Waals surface area (Å²) < 4.78 is 2.78. The molecule has 5 heteroatoms.